The highest BCUT2D eigenvalue weighted by Crippen LogP contribution is 2.39. The fraction of sp³-hybridized carbons (Fsp3) is 0.481. The molecule has 3 fully saturated rings. The van der Waals surface area contributed by atoms with Crippen molar-refractivity contribution in [1.29, 1.82) is 0 Å². The van der Waals surface area contributed by atoms with Crippen LogP contribution in [0.4, 0.5) is 0 Å². The van der Waals surface area contributed by atoms with Crippen LogP contribution in [0.2, 0.25) is 0 Å². The second kappa shape index (κ2) is 42.0. The standard InChI is InChI=1S/C81H101N3O27/c85-42-61-70(97)73(100)76(103)79(109-61)106-58-27-24-45(35-55(58)52-18-3-14-49(32-52)38-67(91)92)11-6-21-64(88)82-30-2-1-10-48(41-84-66(90)23-8-13-47-26-29-60(108-81-78(105)75(102)72(99)63(44-87)111-81)57(37-47)54-20-5-16-51(34-54)40-69(95)96)17-9-31-83-65(89)22-7-12-46-25-28-59(107-80-77(104)74(101)71(98)62(43-86)110-80)56(36-46)53-19-4-15-50(33-53)39-68(93)94/h3-5,14-16,18-20,24-29,32-37,48,61-63,70-81,85-87,97-105H,1-2,6-13,17,21-23,30-31,38-44H2,(H,82,88)(H,83,89)(H,84,90)(H,91,92)(H,93,94)(H,95,96)/t48?,61-,62-,63-,70-,71-,72-,73+,74+,75+,76+,77+,78+,79+,80+,81+/m1/s1. The van der Waals surface area contributed by atoms with Crippen LogP contribution in [0.15, 0.2) is 127 Å². The number of rotatable bonds is 41. The number of carboxylic acid groups (broad SMARTS) is 3. The molecule has 16 atom stereocenters. The number of carbonyl (C=O) groups is 6. The summed E-state index contributed by atoms with van der Waals surface area (Å²) < 4.78 is 35.1. The van der Waals surface area contributed by atoms with Gasteiger partial charge in [0.2, 0.25) is 36.6 Å². The summed E-state index contributed by atoms with van der Waals surface area (Å²) in [6, 6.07) is 35.8. The lowest BCUT2D eigenvalue weighted by Gasteiger charge is -2.39. The molecule has 30 heteroatoms. The van der Waals surface area contributed by atoms with E-state index in [9.17, 15) is 105 Å². The third-order valence-electron chi connectivity index (χ3n) is 19.9. The van der Waals surface area contributed by atoms with Crippen LogP contribution in [0.25, 0.3) is 33.4 Å². The number of benzene rings is 6. The normalized spacial score (nSPS) is 24.1. The van der Waals surface area contributed by atoms with E-state index in [1.165, 1.54) is 0 Å². The van der Waals surface area contributed by atoms with Crippen molar-refractivity contribution >= 4 is 35.6 Å². The van der Waals surface area contributed by atoms with E-state index >= 15 is 0 Å². The van der Waals surface area contributed by atoms with Crippen LogP contribution in [0.3, 0.4) is 0 Å². The SMILES string of the molecule is O=C(O)Cc1cccc(-c2cc(CCCC(=O)NCCCCC(CCCNC(=O)CCCc3ccc(O[C@H]4O[C@H](CO)[C@@H](O)[C@H](O)[C@@H]4O)c(-c4cccc(CC(=O)O)c4)c3)CNC(=O)CCCc3ccc(O[C@H]4O[C@H](CO)[C@@H](O)[C@H](O)[C@@H]4O)c(-c4cccc(CC(=O)O)c4)c3)ccc2O[C@H]2O[C@H](CO)[C@@H](O)[C@H](O)[C@@H]2O)c1. The molecule has 0 bridgehead atoms. The van der Waals surface area contributed by atoms with Gasteiger partial charge < -0.3 is 121 Å². The number of amides is 3. The van der Waals surface area contributed by atoms with Crippen molar-refractivity contribution < 1.29 is 134 Å². The number of hydrogen-bond donors (Lipinski definition) is 18. The van der Waals surface area contributed by atoms with Crippen LogP contribution >= 0.6 is 0 Å². The largest absolute Gasteiger partial charge is 0.481 e. The molecule has 1 unspecified atom stereocenters. The molecular formula is C81H101N3O27. The van der Waals surface area contributed by atoms with Gasteiger partial charge in [0.25, 0.3) is 0 Å². The van der Waals surface area contributed by atoms with Gasteiger partial charge in [-0.25, -0.2) is 0 Å². The summed E-state index contributed by atoms with van der Waals surface area (Å²) in [6.07, 6.45) is -17.9. The Balaban J connectivity index is 0.804. The molecule has 602 valence electrons. The molecule has 18 N–H and O–H groups in total. The Morgan fingerprint density at radius 2 is 0.667 bits per heavy atom. The van der Waals surface area contributed by atoms with Crippen LogP contribution in [0.1, 0.15) is 104 Å². The molecule has 0 radical (unpaired) electrons. The summed E-state index contributed by atoms with van der Waals surface area (Å²) in [5.74, 6) is -3.19. The van der Waals surface area contributed by atoms with E-state index in [1.54, 1.807) is 121 Å². The van der Waals surface area contributed by atoms with Crippen LogP contribution in [0.5, 0.6) is 17.2 Å². The van der Waals surface area contributed by atoms with Gasteiger partial charge in [0, 0.05) is 55.6 Å². The quantitative estimate of drug-likeness (QED) is 0.0245. The predicted molar refractivity (Wildman–Crippen MR) is 397 cm³/mol. The number of aryl methyl sites for hydroxylation is 3. The first kappa shape index (κ1) is 85.9. The van der Waals surface area contributed by atoms with E-state index in [2.05, 4.69) is 16.0 Å². The Hall–Kier alpha value is -9.06. The Morgan fingerprint density at radius 3 is 0.991 bits per heavy atom. The van der Waals surface area contributed by atoms with Gasteiger partial charge in [0.05, 0.1) is 39.1 Å². The topological polar surface area (TPSA) is 497 Å². The van der Waals surface area contributed by atoms with Gasteiger partial charge in [-0.2, -0.15) is 0 Å². The first-order valence-electron chi connectivity index (χ1n) is 37.3. The molecule has 3 saturated heterocycles. The molecule has 6 aromatic rings. The highest BCUT2D eigenvalue weighted by molar-refractivity contribution is 5.79. The van der Waals surface area contributed by atoms with Crippen molar-refractivity contribution in [2.75, 3.05) is 39.5 Å². The van der Waals surface area contributed by atoms with E-state index in [0.29, 0.717) is 140 Å². The van der Waals surface area contributed by atoms with Crippen LogP contribution < -0.4 is 30.2 Å². The molecule has 3 amide bonds. The first-order valence-corrected chi connectivity index (χ1v) is 37.3. The number of unbranched alkanes of at least 4 members (excludes halogenated alkanes) is 1. The van der Waals surface area contributed by atoms with E-state index in [4.69, 9.17) is 28.4 Å². The minimum Gasteiger partial charge on any atom is -0.481 e. The van der Waals surface area contributed by atoms with Gasteiger partial charge in [0.15, 0.2) is 0 Å². The van der Waals surface area contributed by atoms with Gasteiger partial charge in [0.1, 0.15) is 90.5 Å². The molecular weight excluding hydrogens is 1450 g/mol. The smallest absolute Gasteiger partial charge is 0.307 e. The molecule has 6 aromatic carbocycles. The van der Waals surface area contributed by atoms with E-state index in [-0.39, 0.29) is 79.4 Å². The number of aliphatic hydroxyl groups is 12. The lowest BCUT2D eigenvalue weighted by Crippen LogP contribution is -2.60. The van der Waals surface area contributed by atoms with Crippen molar-refractivity contribution in [2.24, 2.45) is 5.92 Å². The predicted octanol–water partition coefficient (Wildman–Crippen LogP) is 2.39. The zero-order chi connectivity index (χ0) is 79.8. The monoisotopic (exact) mass is 1550 g/mol. The summed E-state index contributed by atoms with van der Waals surface area (Å²) in [7, 11) is 0. The van der Waals surface area contributed by atoms with Crippen molar-refractivity contribution in [3.8, 4) is 50.6 Å². The number of aliphatic carboxylic acids is 3. The second-order valence-corrected chi connectivity index (χ2v) is 28.3. The van der Waals surface area contributed by atoms with E-state index < -0.39 is 130 Å². The Kier molecular flexibility index (Phi) is 32.5. The highest BCUT2D eigenvalue weighted by Gasteiger charge is 2.48. The number of hydrogen-bond acceptors (Lipinski definition) is 24. The summed E-state index contributed by atoms with van der Waals surface area (Å²) in [6.45, 7) is -0.999. The molecule has 30 nitrogen and oxygen atoms in total. The fourth-order valence-electron chi connectivity index (χ4n) is 13.8. The second-order valence-electron chi connectivity index (χ2n) is 28.3. The third kappa shape index (κ3) is 24.7. The van der Waals surface area contributed by atoms with Crippen molar-refractivity contribution in [3.05, 3.63) is 161 Å². The maximum atomic E-state index is 13.7. The van der Waals surface area contributed by atoms with Crippen LogP contribution in [-0.4, -0.2) is 244 Å². The Bertz CT molecular complexity index is 4060. The highest BCUT2D eigenvalue weighted by atomic mass is 16.7. The number of ether oxygens (including phenoxy) is 6. The molecule has 3 heterocycles. The van der Waals surface area contributed by atoms with Crippen molar-refractivity contribution in [3.63, 3.8) is 0 Å². The van der Waals surface area contributed by atoms with Crippen LogP contribution in [-0.2, 0) is 81.5 Å². The van der Waals surface area contributed by atoms with Crippen molar-refractivity contribution in [1.82, 2.24) is 16.0 Å². The van der Waals surface area contributed by atoms with Gasteiger partial charge in [-0.05, 0) is 157 Å². The number of carbonyl (C=O) groups excluding carboxylic acids is 3. The van der Waals surface area contributed by atoms with E-state index in [1.807, 2.05) is 6.07 Å². The maximum Gasteiger partial charge on any atom is 0.307 e. The zero-order valence-corrected chi connectivity index (χ0v) is 61.2. The number of aliphatic hydroxyl groups excluding tert-OH is 12. The average molecular weight is 1550 g/mol. The molecule has 0 aliphatic carbocycles. The third-order valence-corrected chi connectivity index (χ3v) is 19.9. The minimum atomic E-state index is -1.71. The maximum absolute atomic E-state index is 13.7. The van der Waals surface area contributed by atoms with Gasteiger partial charge in [-0.1, -0.05) is 97.4 Å². The lowest BCUT2D eigenvalue weighted by molar-refractivity contribution is -0.277. The summed E-state index contributed by atoms with van der Waals surface area (Å²) in [5, 5.41) is 162. The first-order chi connectivity index (χ1) is 53.3. The molecule has 0 saturated carbocycles. The number of carboxylic acids is 3. The number of nitrogens with one attached hydrogen (secondary N) is 3. The zero-order valence-electron chi connectivity index (χ0n) is 61.2. The Morgan fingerprint density at radius 1 is 0.351 bits per heavy atom. The molecule has 111 heavy (non-hydrogen) atoms. The van der Waals surface area contributed by atoms with Gasteiger partial charge in [-0.15, -0.1) is 0 Å². The fourth-order valence-corrected chi connectivity index (χ4v) is 13.8. The minimum absolute atomic E-state index is 0.0394. The van der Waals surface area contributed by atoms with Crippen LogP contribution in [0, 0.1) is 5.92 Å². The lowest BCUT2D eigenvalue weighted by atomic mass is 9.96. The molecule has 0 spiro atoms. The average Bonchev–Trinajstić information content (AvgIpc) is 0.817. The Labute approximate surface area is 640 Å². The van der Waals surface area contributed by atoms with Gasteiger partial charge in [-0.3, -0.25) is 28.8 Å². The van der Waals surface area contributed by atoms with Gasteiger partial charge >= 0.3 is 17.9 Å². The summed E-state index contributed by atoms with van der Waals surface area (Å²) in [4.78, 5) is 75.3. The summed E-state index contributed by atoms with van der Waals surface area (Å²) in [5.41, 5.74) is 7.00. The van der Waals surface area contributed by atoms with Crippen molar-refractivity contribution in [2.45, 2.75) is 201 Å². The summed E-state index contributed by atoms with van der Waals surface area (Å²) >= 11 is 0. The molecule has 3 aliphatic heterocycles. The molecule has 9 rings (SSSR count). The van der Waals surface area contributed by atoms with E-state index in [0.717, 1.165) is 16.7 Å². The molecule has 3 aliphatic rings. The molecule has 0 aromatic heterocycles.